The van der Waals surface area contributed by atoms with Crippen molar-refractivity contribution in [3.8, 4) is 0 Å². The molecule has 90 valence electrons. The van der Waals surface area contributed by atoms with Gasteiger partial charge in [-0.25, -0.2) is 4.39 Å². The zero-order valence-electron chi connectivity index (χ0n) is 9.82. The number of hydrogen-bond donors (Lipinski definition) is 1. The largest absolute Gasteiger partial charge is 0.352 e. The van der Waals surface area contributed by atoms with Gasteiger partial charge in [0.1, 0.15) is 5.82 Å². The van der Waals surface area contributed by atoms with Crippen LogP contribution < -0.4 is 5.32 Å². The van der Waals surface area contributed by atoms with Crippen LogP contribution in [0.5, 0.6) is 0 Å². The van der Waals surface area contributed by atoms with Crippen LogP contribution in [0.3, 0.4) is 0 Å². The van der Waals surface area contributed by atoms with E-state index in [1.54, 1.807) is 18.2 Å². The lowest BCUT2D eigenvalue weighted by Gasteiger charge is -1.98. The maximum Gasteiger partial charge on any atom is 0.244 e. The summed E-state index contributed by atoms with van der Waals surface area (Å²) in [5.41, 5.74) is 0.675. The van der Waals surface area contributed by atoms with E-state index >= 15 is 0 Å². The van der Waals surface area contributed by atoms with Crippen LogP contribution in [-0.4, -0.2) is 12.5 Å². The molecule has 1 aromatic carbocycles. The van der Waals surface area contributed by atoms with E-state index in [0.29, 0.717) is 12.1 Å². The topological polar surface area (TPSA) is 29.1 Å². The molecule has 0 spiro atoms. The first kappa shape index (κ1) is 13.2. The minimum absolute atomic E-state index is 0.168. The number of carbonyl (C=O) groups is 1. The average molecular weight is 233 g/mol. The second-order valence-electron chi connectivity index (χ2n) is 3.54. The SMILES string of the molecule is C/C=C/CCNC(=O)/C=C/c1cccc(F)c1. The monoisotopic (exact) mass is 233 g/mol. The molecule has 0 atom stereocenters. The first-order valence-corrected chi connectivity index (χ1v) is 5.55. The van der Waals surface area contributed by atoms with E-state index < -0.39 is 0 Å². The number of rotatable bonds is 5. The molecule has 1 aromatic rings. The molecule has 0 unspecified atom stereocenters. The van der Waals surface area contributed by atoms with Crippen molar-refractivity contribution in [2.24, 2.45) is 0 Å². The van der Waals surface area contributed by atoms with Gasteiger partial charge in [0.25, 0.3) is 0 Å². The molecule has 1 amide bonds. The van der Waals surface area contributed by atoms with Crippen LogP contribution in [0.25, 0.3) is 6.08 Å². The minimum Gasteiger partial charge on any atom is -0.352 e. The maximum atomic E-state index is 12.8. The number of allylic oxidation sites excluding steroid dienone is 1. The first-order chi connectivity index (χ1) is 8.22. The van der Waals surface area contributed by atoms with Crippen LogP contribution in [0, 0.1) is 5.82 Å². The molecule has 0 aliphatic carbocycles. The van der Waals surface area contributed by atoms with E-state index in [9.17, 15) is 9.18 Å². The highest BCUT2D eigenvalue weighted by Crippen LogP contribution is 2.04. The molecule has 3 heteroatoms. The van der Waals surface area contributed by atoms with Crippen LogP contribution in [-0.2, 0) is 4.79 Å². The molecule has 1 rings (SSSR count). The second-order valence-corrected chi connectivity index (χ2v) is 3.54. The summed E-state index contributed by atoms with van der Waals surface area (Å²) in [6.07, 6.45) is 7.74. The molecule has 0 heterocycles. The Labute approximate surface area is 101 Å². The van der Waals surface area contributed by atoms with Crippen LogP contribution >= 0.6 is 0 Å². The Morgan fingerprint density at radius 2 is 2.29 bits per heavy atom. The summed E-state index contributed by atoms with van der Waals surface area (Å²) in [5, 5.41) is 2.73. The summed E-state index contributed by atoms with van der Waals surface area (Å²) in [6.45, 7) is 2.54. The molecule has 0 aromatic heterocycles. The fourth-order valence-electron chi connectivity index (χ4n) is 1.29. The minimum atomic E-state index is -0.305. The third-order valence-electron chi connectivity index (χ3n) is 2.12. The fraction of sp³-hybridized carbons (Fsp3) is 0.214. The van der Waals surface area contributed by atoms with Gasteiger partial charge in [0, 0.05) is 12.6 Å². The molecule has 0 radical (unpaired) electrons. The quantitative estimate of drug-likeness (QED) is 0.473. The number of amides is 1. The predicted octanol–water partition coefficient (Wildman–Crippen LogP) is 2.92. The Balaban J connectivity index is 2.40. The third-order valence-corrected chi connectivity index (χ3v) is 2.12. The Morgan fingerprint density at radius 1 is 1.47 bits per heavy atom. The Morgan fingerprint density at radius 3 is 3.00 bits per heavy atom. The Bertz CT molecular complexity index is 424. The number of nitrogens with one attached hydrogen (secondary N) is 1. The highest BCUT2D eigenvalue weighted by Gasteiger charge is 1.94. The van der Waals surface area contributed by atoms with Crippen molar-refractivity contribution >= 4 is 12.0 Å². The van der Waals surface area contributed by atoms with Gasteiger partial charge in [-0.3, -0.25) is 4.79 Å². The van der Waals surface area contributed by atoms with E-state index in [1.165, 1.54) is 18.2 Å². The summed E-state index contributed by atoms with van der Waals surface area (Å²) < 4.78 is 12.8. The van der Waals surface area contributed by atoms with Crippen molar-refractivity contribution in [1.82, 2.24) is 5.32 Å². The number of benzene rings is 1. The predicted molar refractivity (Wildman–Crippen MR) is 67.9 cm³/mol. The van der Waals surface area contributed by atoms with Gasteiger partial charge in [-0.05, 0) is 37.1 Å². The van der Waals surface area contributed by atoms with Gasteiger partial charge >= 0.3 is 0 Å². The molecule has 17 heavy (non-hydrogen) atoms. The molecule has 0 aliphatic rings. The van der Waals surface area contributed by atoms with Crippen LogP contribution in [0.2, 0.25) is 0 Å². The summed E-state index contributed by atoms with van der Waals surface area (Å²) in [7, 11) is 0. The lowest BCUT2D eigenvalue weighted by Crippen LogP contribution is -2.21. The molecule has 1 N–H and O–H groups in total. The molecule has 0 saturated carbocycles. The van der Waals surface area contributed by atoms with Crippen molar-refractivity contribution in [2.75, 3.05) is 6.54 Å². The van der Waals surface area contributed by atoms with Crippen molar-refractivity contribution in [2.45, 2.75) is 13.3 Å². The van der Waals surface area contributed by atoms with Crippen molar-refractivity contribution < 1.29 is 9.18 Å². The summed E-state index contributed by atoms with van der Waals surface area (Å²) in [4.78, 5) is 11.3. The van der Waals surface area contributed by atoms with Gasteiger partial charge < -0.3 is 5.32 Å². The normalized spacial score (nSPS) is 11.2. The Kier molecular flexibility index (Phi) is 5.72. The lowest BCUT2D eigenvalue weighted by molar-refractivity contribution is -0.116. The smallest absolute Gasteiger partial charge is 0.244 e. The van der Waals surface area contributed by atoms with Crippen molar-refractivity contribution in [3.63, 3.8) is 0 Å². The van der Waals surface area contributed by atoms with Crippen LogP contribution in [0.1, 0.15) is 18.9 Å². The third kappa shape index (κ3) is 5.66. The van der Waals surface area contributed by atoms with Gasteiger partial charge in [-0.15, -0.1) is 0 Å². The van der Waals surface area contributed by atoms with Crippen molar-refractivity contribution in [1.29, 1.82) is 0 Å². The zero-order valence-corrected chi connectivity index (χ0v) is 9.82. The fourth-order valence-corrected chi connectivity index (χ4v) is 1.29. The van der Waals surface area contributed by atoms with E-state index in [4.69, 9.17) is 0 Å². The number of hydrogen-bond acceptors (Lipinski definition) is 1. The summed E-state index contributed by atoms with van der Waals surface area (Å²) in [6, 6.07) is 6.10. The standard InChI is InChI=1S/C14H16FNO/c1-2-3-4-10-16-14(17)9-8-12-6-5-7-13(15)11-12/h2-3,5-9,11H,4,10H2,1H3,(H,16,17)/b3-2+,9-8+. The van der Waals surface area contributed by atoms with E-state index in [2.05, 4.69) is 5.32 Å². The Hall–Kier alpha value is -1.90. The van der Waals surface area contributed by atoms with Gasteiger partial charge in [0.15, 0.2) is 0 Å². The van der Waals surface area contributed by atoms with Gasteiger partial charge in [-0.2, -0.15) is 0 Å². The van der Waals surface area contributed by atoms with Crippen LogP contribution in [0.4, 0.5) is 4.39 Å². The van der Waals surface area contributed by atoms with E-state index in [1.807, 2.05) is 19.1 Å². The average Bonchev–Trinajstić information content (AvgIpc) is 2.32. The molecule has 0 bridgehead atoms. The zero-order chi connectivity index (χ0) is 12.5. The van der Waals surface area contributed by atoms with E-state index in [0.717, 1.165) is 6.42 Å². The maximum absolute atomic E-state index is 12.8. The number of carbonyl (C=O) groups excluding carboxylic acids is 1. The summed E-state index contributed by atoms with van der Waals surface area (Å²) in [5.74, 6) is -0.473. The number of halogens is 1. The lowest BCUT2D eigenvalue weighted by atomic mass is 10.2. The van der Waals surface area contributed by atoms with Gasteiger partial charge in [0.2, 0.25) is 5.91 Å². The van der Waals surface area contributed by atoms with Crippen LogP contribution in [0.15, 0.2) is 42.5 Å². The first-order valence-electron chi connectivity index (χ1n) is 5.55. The molecular weight excluding hydrogens is 217 g/mol. The van der Waals surface area contributed by atoms with Gasteiger partial charge in [0.05, 0.1) is 0 Å². The highest BCUT2D eigenvalue weighted by atomic mass is 19.1. The van der Waals surface area contributed by atoms with E-state index in [-0.39, 0.29) is 11.7 Å². The molecule has 0 fully saturated rings. The van der Waals surface area contributed by atoms with Gasteiger partial charge in [-0.1, -0.05) is 24.3 Å². The second kappa shape index (κ2) is 7.39. The highest BCUT2D eigenvalue weighted by molar-refractivity contribution is 5.91. The molecule has 0 aliphatic heterocycles. The van der Waals surface area contributed by atoms with Crippen molar-refractivity contribution in [3.05, 3.63) is 53.9 Å². The summed E-state index contributed by atoms with van der Waals surface area (Å²) >= 11 is 0. The molecule has 2 nitrogen and oxygen atoms in total. The molecule has 0 saturated heterocycles. The molecular formula is C14H16FNO.